The van der Waals surface area contributed by atoms with Crippen molar-refractivity contribution in [2.75, 3.05) is 13.1 Å². The molecule has 1 aromatic rings. The number of benzene rings is 1. The van der Waals surface area contributed by atoms with Crippen LogP contribution in [0.4, 0.5) is 0 Å². The minimum absolute atomic E-state index is 0.0323. The number of nitrogens with one attached hydrogen (secondary N) is 2. The van der Waals surface area contributed by atoms with Gasteiger partial charge in [-0.1, -0.05) is 31.2 Å². The molecule has 1 aliphatic heterocycles. The molecule has 1 saturated heterocycles. The van der Waals surface area contributed by atoms with Crippen molar-refractivity contribution in [2.45, 2.75) is 32.9 Å². The van der Waals surface area contributed by atoms with Crippen molar-refractivity contribution in [2.24, 2.45) is 5.41 Å². The van der Waals surface area contributed by atoms with Crippen molar-refractivity contribution in [3.63, 3.8) is 0 Å². The Hall–Kier alpha value is -1.39. The highest BCUT2D eigenvalue weighted by molar-refractivity contribution is 5.83. The molecule has 4 heteroatoms. The lowest BCUT2D eigenvalue weighted by Crippen LogP contribution is -2.41. The third kappa shape index (κ3) is 3.14. The molecular weight excluding hydrogens is 240 g/mol. The van der Waals surface area contributed by atoms with Crippen molar-refractivity contribution >= 4 is 5.91 Å². The molecule has 1 heterocycles. The number of hydrogen-bond acceptors (Lipinski definition) is 3. The first-order valence-corrected chi connectivity index (χ1v) is 6.88. The second-order valence-corrected chi connectivity index (χ2v) is 5.22. The molecule has 3 N–H and O–H groups in total. The lowest BCUT2D eigenvalue weighted by molar-refractivity contribution is -0.130. The molecular formula is C15H22N2O2. The van der Waals surface area contributed by atoms with E-state index in [2.05, 4.69) is 17.6 Å². The highest BCUT2D eigenvalue weighted by Crippen LogP contribution is 2.29. The van der Waals surface area contributed by atoms with Gasteiger partial charge in [0.2, 0.25) is 5.91 Å². The quantitative estimate of drug-likeness (QED) is 0.747. The molecule has 19 heavy (non-hydrogen) atoms. The molecule has 0 bridgehead atoms. The summed E-state index contributed by atoms with van der Waals surface area (Å²) in [6.45, 7) is 4.31. The molecule has 1 fully saturated rings. The number of carbonyl (C=O) groups is 1. The van der Waals surface area contributed by atoms with Crippen LogP contribution in [0.2, 0.25) is 0 Å². The lowest BCUT2D eigenvalue weighted by atomic mass is 9.83. The lowest BCUT2D eigenvalue weighted by Gasteiger charge is -2.25. The number of carbonyl (C=O) groups excluding carboxylic acids is 1. The van der Waals surface area contributed by atoms with Crippen LogP contribution in [0.15, 0.2) is 24.3 Å². The largest absolute Gasteiger partial charge is 0.392 e. The van der Waals surface area contributed by atoms with Crippen LogP contribution in [-0.4, -0.2) is 24.1 Å². The fourth-order valence-corrected chi connectivity index (χ4v) is 2.61. The predicted molar refractivity (Wildman–Crippen MR) is 74.4 cm³/mol. The summed E-state index contributed by atoms with van der Waals surface area (Å²) in [7, 11) is 0. The number of aliphatic hydroxyl groups is 1. The highest BCUT2D eigenvalue weighted by atomic mass is 16.3. The van der Waals surface area contributed by atoms with Crippen LogP contribution in [0.3, 0.4) is 0 Å². The summed E-state index contributed by atoms with van der Waals surface area (Å²) in [6.07, 6.45) is 1.77. The van der Waals surface area contributed by atoms with E-state index in [1.54, 1.807) is 0 Å². The molecule has 1 aliphatic rings. The van der Waals surface area contributed by atoms with Gasteiger partial charge in [0.25, 0.3) is 0 Å². The van der Waals surface area contributed by atoms with Crippen molar-refractivity contribution in [3.8, 4) is 0 Å². The van der Waals surface area contributed by atoms with Gasteiger partial charge in [-0.25, -0.2) is 0 Å². The monoisotopic (exact) mass is 262 g/mol. The summed E-state index contributed by atoms with van der Waals surface area (Å²) >= 11 is 0. The maximum Gasteiger partial charge on any atom is 0.227 e. The Bertz CT molecular complexity index is 440. The Kier molecular flexibility index (Phi) is 4.56. The van der Waals surface area contributed by atoms with Crippen molar-refractivity contribution < 1.29 is 9.90 Å². The molecule has 104 valence electrons. The molecule has 0 saturated carbocycles. The van der Waals surface area contributed by atoms with Crippen molar-refractivity contribution in [1.29, 1.82) is 0 Å². The first kappa shape index (κ1) is 14.0. The van der Waals surface area contributed by atoms with E-state index in [9.17, 15) is 4.79 Å². The summed E-state index contributed by atoms with van der Waals surface area (Å²) in [5.41, 5.74) is 1.66. The molecule has 4 nitrogen and oxygen atoms in total. The van der Waals surface area contributed by atoms with Gasteiger partial charge in [0.05, 0.1) is 12.0 Å². The van der Waals surface area contributed by atoms with Crippen LogP contribution >= 0.6 is 0 Å². The fraction of sp³-hybridized carbons (Fsp3) is 0.533. The zero-order chi connectivity index (χ0) is 13.7. The second kappa shape index (κ2) is 6.17. The van der Waals surface area contributed by atoms with Crippen LogP contribution in [0, 0.1) is 5.41 Å². The smallest absolute Gasteiger partial charge is 0.227 e. The van der Waals surface area contributed by atoms with Gasteiger partial charge >= 0.3 is 0 Å². The average Bonchev–Trinajstić information content (AvgIpc) is 2.95. The normalized spacial score (nSPS) is 22.4. The van der Waals surface area contributed by atoms with Crippen molar-refractivity contribution in [3.05, 3.63) is 35.4 Å². The summed E-state index contributed by atoms with van der Waals surface area (Å²) in [4.78, 5) is 12.3. The molecule has 0 aliphatic carbocycles. The fourth-order valence-electron chi connectivity index (χ4n) is 2.61. The van der Waals surface area contributed by atoms with E-state index in [4.69, 9.17) is 5.11 Å². The number of rotatable bonds is 5. The Morgan fingerprint density at radius 1 is 1.47 bits per heavy atom. The van der Waals surface area contributed by atoms with Crippen LogP contribution in [0.5, 0.6) is 0 Å². The van der Waals surface area contributed by atoms with Gasteiger partial charge in [0, 0.05) is 13.1 Å². The van der Waals surface area contributed by atoms with E-state index in [1.807, 2.05) is 24.3 Å². The Morgan fingerprint density at radius 2 is 2.26 bits per heavy atom. The Morgan fingerprint density at radius 3 is 2.89 bits per heavy atom. The van der Waals surface area contributed by atoms with E-state index in [-0.39, 0.29) is 17.9 Å². The van der Waals surface area contributed by atoms with Gasteiger partial charge in [-0.3, -0.25) is 4.79 Å². The standard InChI is InChI=1S/C15H22N2O2/c1-2-15(6-7-16-11-15)14(19)17-9-12-4-3-5-13(8-12)10-18/h3-5,8,16,18H,2,6-7,9-11H2,1H3,(H,17,19). The van der Waals surface area contributed by atoms with E-state index in [0.29, 0.717) is 6.54 Å². The van der Waals surface area contributed by atoms with Gasteiger partial charge in [0.15, 0.2) is 0 Å². The first-order valence-electron chi connectivity index (χ1n) is 6.88. The van der Waals surface area contributed by atoms with Crippen molar-refractivity contribution in [1.82, 2.24) is 10.6 Å². The molecule has 1 amide bonds. The average molecular weight is 262 g/mol. The Balaban J connectivity index is 1.96. The number of hydrogen-bond donors (Lipinski definition) is 3. The van der Waals surface area contributed by atoms with Gasteiger partial charge < -0.3 is 15.7 Å². The first-order chi connectivity index (χ1) is 9.20. The molecule has 1 unspecified atom stereocenters. The summed E-state index contributed by atoms with van der Waals surface area (Å²) in [5.74, 6) is 0.134. The third-order valence-electron chi connectivity index (χ3n) is 4.03. The molecule has 0 aromatic heterocycles. The molecule has 1 aromatic carbocycles. The van der Waals surface area contributed by atoms with Gasteiger partial charge in [-0.2, -0.15) is 0 Å². The van der Waals surface area contributed by atoms with Crippen LogP contribution in [0.25, 0.3) is 0 Å². The topological polar surface area (TPSA) is 61.4 Å². The minimum Gasteiger partial charge on any atom is -0.392 e. The van der Waals surface area contributed by atoms with Gasteiger partial charge in [-0.15, -0.1) is 0 Å². The Labute approximate surface area is 114 Å². The number of aliphatic hydroxyl groups excluding tert-OH is 1. The van der Waals surface area contributed by atoms with E-state index in [1.165, 1.54) is 0 Å². The molecule has 1 atom stereocenters. The van der Waals surface area contributed by atoms with E-state index in [0.717, 1.165) is 37.1 Å². The van der Waals surface area contributed by atoms with E-state index >= 15 is 0 Å². The van der Waals surface area contributed by atoms with Crippen LogP contribution in [0.1, 0.15) is 30.9 Å². The van der Waals surface area contributed by atoms with E-state index < -0.39 is 0 Å². The maximum absolute atomic E-state index is 12.3. The molecule has 0 spiro atoms. The third-order valence-corrected chi connectivity index (χ3v) is 4.03. The number of amides is 1. The predicted octanol–water partition coefficient (Wildman–Crippen LogP) is 1.18. The van der Waals surface area contributed by atoms with Crippen LogP contribution in [-0.2, 0) is 17.9 Å². The van der Waals surface area contributed by atoms with Gasteiger partial charge in [0.1, 0.15) is 0 Å². The summed E-state index contributed by atoms with van der Waals surface area (Å²) in [6, 6.07) is 7.66. The molecule has 0 radical (unpaired) electrons. The van der Waals surface area contributed by atoms with Gasteiger partial charge in [-0.05, 0) is 30.5 Å². The maximum atomic E-state index is 12.3. The highest BCUT2D eigenvalue weighted by Gasteiger charge is 2.39. The minimum atomic E-state index is -0.241. The summed E-state index contributed by atoms with van der Waals surface area (Å²) < 4.78 is 0. The van der Waals surface area contributed by atoms with Crippen LogP contribution < -0.4 is 10.6 Å². The SMILES string of the molecule is CCC1(C(=O)NCc2cccc(CO)c2)CCNC1. The summed E-state index contributed by atoms with van der Waals surface area (Å²) in [5, 5.41) is 15.4. The zero-order valence-electron chi connectivity index (χ0n) is 11.4. The second-order valence-electron chi connectivity index (χ2n) is 5.22. The molecule has 2 rings (SSSR count). The zero-order valence-corrected chi connectivity index (χ0v) is 11.4.